The van der Waals surface area contributed by atoms with Crippen molar-refractivity contribution < 1.29 is 31.1 Å². The lowest BCUT2D eigenvalue weighted by Crippen LogP contribution is -2.51. The molecule has 2 aliphatic rings. The van der Waals surface area contributed by atoms with Crippen LogP contribution < -0.4 is 10.3 Å². The summed E-state index contributed by atoms with van der Waals surface area (Å²) in [5.74, 6) is -0.751. The van der Waals surface area contributed by atoms with E-state index in [1.165, 1.54) is 31.5 Å². The molecule has 2 aliphatic heterocycles. The smallest absolute Gasteiger partial charge is 0.405 e. The standard InChI is InChI=1S/C28H31Cl2F3N4O5S/c1-2-43(39,40)24-4-3-19(29)13-18(24)15-37-17-34-26-21(27(37)38)14-23(42-28(31,32)33)22(25(26)30)16-35-7-9-36(10-8-35)20-5-11-41-12-6-20/h3-4,13-14,17,20H,2,5-12,15-16H2,1H3. The van der Waals surface area contributed by atoms with Crippen molar-refractivity contribution in [2.24, 2.45) is 0 Å². The van der Waals surface area contributed by atoms with Gasteiger partial charge in [-0.05, 0) is 42.7 Å². The number of sulfone groups is 1. The van der Waals surface area contributed by atoms with Crippen LogP contribution in [0, 0.1) is 0 Å². The van der Waals surface area contributed by atoms with Crippen LogP contribution >= 0.6 is 23.2 Å². The molecule has 5 rings (SSSR count). The van der Waals surface area contributed by atoms with Crippen LogP contribution in [0.4, 0.5) is 13.2 Å². The van der Waals surface area contributed by atoms with Gasteiger partial charge in [-0.3, -0.25) is 19.2 Å². The van der Waals surface area contributed by atoms with Gasteiger partial charge in [-0.2, -0.15) is 0 Å². The Bertz CT molecular complexity index is 1650. The molecule has 3 aromatic rings. The molecule has 0 bridgehead atoms. The molecule has 1 aromatic heterocycles. The summed E-state index contributed by atoms with van der Waals surface area (Å²) in [6.07, 6.45) is -1.92. The summed E-state index contributed by atoms with van der Waals surface area (Å²) in [6, 6.07) is 5.66. The Labute approximate surface area is 257 Å². The van der Waals surface area contributed by atoms with Crippen LogP contribution in [-0.2, 0) is 27.7 Å². The van der Waals surface area contributed by atoms with Gasteiger partial charge in [0.15, 0.2) is 9.84 Å². The quantitative estimate of drug-likeness (QED) is 0.342. The highest BCUT2D eigenvalue weighted by Crippen LogP contribution is 2.37. The number of aromatic nitrogens is 2. The van der Waals surface area contributed by atoms with Crippen molar-refractivity contribution >= 4 is 43.9 Å². The van der Waals surface area contributed by atoms with Crippen molar-refractivity contribution in [1.82, 2.24) is 19.4 Å². The molecule has 0 spiro atoms. The Morgan fingerprint density at radius 2 is 1.77 bits per heavy atom. The highest BCUT2D eigenvalue weighted by molar-refractivity contribution is 7.91. The number of benzene rings is 2. The van der Waals surface area contributed by atoms with Crippen LogP contribution in [0.25, 0.3) is 10.9 Å². The van der Waals surface area contributed by atoms with Gasteiger partial charge in [-0.1, -0.05) is 30.1 Å². The monoisotopic (exact) mass is 662 g/mol. The van der Waals surface area contributed by atoms with Gasteiger partial charge in [0, 0.05) is 62.6 Å². The number of rotatable bonds is 8. The molecule has 43 heavy (non-hydrogen) atoms. The first-order valence-electron chi connectivity index (χ1n) is 13.9. The number of alkyl halides is 3. The topological polar surface area (TPSA) is 94.0 Å². The Hall–Kier alpha value is -2.42. The number of nitrogens with zero attached hydrogens (tertiary/aromatic N) is 4. The lowest BCUT2D eigenvalue weighted by atomic mass is 10.1. The van der Waals surface area contributed by atoms with Gasteiger partial charge in [-0.25, -0.2) is 13.4 Å². The molecule has 0 N–H and O–H groups in total. The molecular weight excluding hydrogens is 632 g/mol. The average molecular weight is 664 g/mol. The Kier molecular flexibility index (Phi) is 9.60. The van der Waals surface area contributed by atoms with Gasteiger partial charge in [0.05, 0.1) is 39.4 Å². The second-order valence-electron chi connectivity index (χ2n) is 10.6. The van der Waals surface area contributed by atoms with E-state index in [9.17, 15) is 26.4 Å². The fourth-order valence-electron chi connectivity index (χ4n) is 5.63. The van der Waals surface area contributed by atoms with Gasteiger partial charge < -0.3 is 9.47 Å². The molecular formula is C28H31Cl2F3N4O5S. The van der Waals surface area contributed by atoms with E-state index in [1.807, 2.05) is 4.90 Å². The fourth-order valence-corrected chi connectivity index (χ4v) is 7.24. The number of fused-ring (bicyclic) bond motifs is 1. The summed E-state index contributed by atoms with van der Waals surface area (Å²) < 4.78 is 76.8. The van der Waals surface area contributed by atoms with Crippen molar-refractivity contribution in [3.63, 3.8) is 0 Å². The third kappa shape index (κ3) is 7.29. The molecule has 15 heteroatoms. The summed E-state index contributed by atoms with van der Waals surface area (Å²) in [5.41, 5.74) is -0.357. The first kappa shape index (κ1) is 32.0. The largest absolute Gasteiger partial charge is 0.573 e. The minimum atomic E-state index is -5.03. The molecule has 0 saturated carbocycles. The minimum Gasteiger partial charge on any atom is -0.405 e. The third-order valence-corrected chi connectivity index (χ3v) is 10.4. The molecule has 2 aromatic carbocycles. The zero-order valence-corrected chi connectivity index (χ0v) is 25.7. The predicted molar refractivity (Wildman–Crippen MR) is 157 cm³/mol. The summed E-state index contributed by atoms with van der Waals surface area (Å²) in [7, 11) is -3.66. The van der Waals surface area contributed by atoms with Crippen molar-refractivity contribution in [2.75, 3.05) is 45.1 Å². The van der Waals surface area contributed by atoms with E-state index >= 15 is 0 Å². The molecule has 0 radical (unpaired) electrons. The summed E-state index contributed by atoms with van der Waals surface area (Å²) in [5, 5.41) is -0.0411. The zero-order chi connectivity index (χ0) is 30.9. The molecule has 3 heterocycles. The maximum Gasteiger partial charge on any atom is 0.573 e. The molecule has 2 saturated heterocycles. The van der Waals surface area contributed by atoms with Crippen molar-refractivity contribution in [3.05, 3.63) is 62.1 Å². The van der Waals surface area contributed by atoms with Crippen LogP contribution in [0.2, 0.25) is 10.0 Å². The number of piperazine rings is 1. The molecule has 9 nitrogen and oxygen atoms in total. The number of ether oxygens (including phenoxy) is 2. The van der Waals surface area contributed by atoms with E-state index in [0.717, 1.165) is 49.8 Å². The maximum atomic E-state index is 13.5. The van der Waals surface area contributed by atoms with E-state index in [0.29, 0.717) is 19.1 Å². The van der Waals surface area contributed by atoms with Crippen molar-refractivity contribution in [2.45, 2.75) is 50.2 Å². The van der Waals surface area contributed by atoms with Gasteiger partial charge in [0.2, 0.25) is 0 Å². The van der Waals surface area contributed by atoms with Crippen LogP contribution in [0.15, 0.2) is 40.3 Å². The highest BCUT2D eigenvalue weighted by atomic mass is 35.5. The first-order valence-corrected chi connectivity index (χ1v) is 16.3. The van der Waals surface area contributed by atoms with Crippen LogP contribution in [0.5, 0.6) is 5.75 Å². The number of halogens is 5. The third-order valence-electron chi connectivity index (χ3n) is 7.92. The Balaban J connectivity index is 1.47. The summed E-state index contributed by atoms with van der Waals surface area (Å²) in [6.45, 7) is 5.54. The normalized spacial score (nSPS) is 17.9. The number of hydrogen-bond acceptors (Lipinski definition) is 8. The first-order chi connectivity index (χ1) is 20.4. The lowest BCUT2D eigenvalue weighted by Gasteiger charge is -2.40. The average Bonchev–Trinajstić information content (AvgIpc) is 2.97. The SMILES string of the molecule is CCS(=O)(=O)c1ccc(Cl)cc1Cn1cnc2c(Cl)c(CN3CCN(C4CCOCC4)CC3)c(OC(F)(F)F)cc2c1=O. The second-order valence-corrected chi connectivity index (χ2v) is 13.7. The predicted octanol–water partition coefficient (Wildman–Crippen LogP) is 4.74. The van der Waals surface area contributed by atoms with Crippen LogP contribution in [-0.4, -0.2) is 85.3 Å². The van der Waals surface area contributed by atoms with Crippen molar-refractivity contribution in [3.8, 4) is 5.75 Å². The molecule has 0 aliphatic carbocycles. The molecule has 0 unspecified atom stereocenters. The van der Waals surface area contributed by atoms with Gasteiger partial charge in [0.1, 0.15) is 5.75 Å². The van der Waals surface area contributed by atoms with Crippen LogP contribution in [0.1, 0.15) is 30.9 Å². The molecule has 2 fully saturated rings. The Morgan fingerprint density at radius 1 is 1.07 bits per heavy atom. The van der Waals surface area contributed by atoms with Crippen molar-refractivity contribution in [1.29, 1.82) is 0 Å². The van der Waals surface area contributed by atoms with Crippen LogP contribution in [0.3, 0.4) is 0 Å². The van der Waals surface area contributed by atoms with E-state index in [4.69, 9.17) is 27.9 Å². The molecule has 0 amide bonds. The molecule has 234 valence electrons. The number of hydrogen-bond donors (Lipinski definition) is 0. The van der Waals surface area contributed by atoms with E-state index < -0.39 is 27.5 Å². The van der Waals surface area contributed by atoms with E-state index in [1.54, 1.807) is 0 Å². The van der Waals surface area contributed by atoms with Gasteiger partial charge in [-0.15, -0.1) is 13.2 Å². The summed E-state index contributed by atoms with van der Waals surface area (Å²) >= 11 is 12.8. The fraction of sp³-hybridized carbons (Fsp3) is 0.500. The highest BCUT2D eigenvalue weighted by Gasteiger charge is 2.34. The second kappa shape index (κ2) is 12.9. The maximum absolute atomic E-state index is 13.5. The van der Waals surface area contributed by atoms with E-state index in [2.05, 4.69) is 14.6 Å². The minimum absolute atomic E-state index is 0.00205. The van der Waals surface area contributed by atoms with Gasteiger partial charge in [0.25, 0.3) is 5.56 Å². The van der Waals surface area contributed by atoms with Gasteiger partial charge >= 0.3 is 6.36 Å². The zero-order valence-electron chi connectivity index (χ0n) is 23.4. The Morgan fingerprint density at radius 3 is 2.42 bits per heavy atom. The van der Waals surface area contributed by atoms with E-state index in [-0.39, 0.29) is 55.8 Å². The summed E-state index contributed by atoms with van der Waals surface area (Å²) in [4.78, 5) is 22.2. The lowest BCUT2D eigenvalue weighted by molar-refractivity contribution is -0.274. The molecule has 0 atom stereocenters.